The molecule has 0 saturated carbocycles. The lowest BCUT2D eigenvalue weighted by atomic mass is 10.1. The smallest absolute Gasteiger partial charge is 0.236 e. The maximum absolute atomic E-state index is 11.9. The number of hydrogen-bond donors (Lipinski definition) is 1. The number of hydrogen-bond acceptors (Lipinski definition) is 7. The van der Waals surface area contributed by atoms with E-state index in [1.54, 1.807) is 0 Å². The van der Waals surface area contributed by atoms with E-state index in [0.717, 1.165) is 16.3 Å². The zero-order valence-corrected chi connectivity index (χ0v) is 14.8. The van der Waals surface area contributed by atoms with Crippen LogP contribution in [0.5, 0.6) is 0 Å². The van der Waals surface area contributed by atoms with E-state index in [1.807, 2.05) is 50.2 Å². The van der Waals surface area contributed by atoms with Crippen molar-refractivity contribution in [1.82, 2.24) is 20.4 Å². The molecule has 0 bridgehead atoms. The fraction of sp³-hybridized carbons (Fsp3) is 0.188. The van der Waals surface area contributed by atoms with Crippen LogP contribution >= 0.6 is 23.1 Å². The van der Waals surface area contributed by atoms with Crippen molar-refractivity contribution in [3.8, 4) is 11.3 Å². The molecule has 0 aliphatic rings. The van der Waals surface area contributed by atoms with E-state index < -0.39 is 0 Å². The molecule has 6 nitrogen and oxygen atoms in total. The molecule has 0 aliphatic carbocycles. The van der Waals surface area contributed by atoms with E-state index in [2.05, 4.69) is 25.7 Å². The van der Waals surface area contributed by atoms with Gasteiger partial charge in [-0.2, -0.15) is 0 Å². The number of carbonyl (C=O) groups excluding carboxylic acids is 1. The number of rotatable bonds is 5. The van der Waals surface area contributed by atoms with Crippen LogP contribution in [0.25, 0.3) is 11.3 Å². The number of nitrogens with zero attached hydrogens (tertiary/aromatic N) is 4. The van der Waals surface area contributed by atoms with Crippen molar-refractivity contribution in [3.05, 3.63) is 47.0 Å². The molecule has 0 fully saturated rings. The van der Waals surface area contributed by atoms with Crippen molar-refractivity contribution in [2.75, 3.05) is 11.1 Å². The van der Waals surface area contributed by atoms with Gasteiger partial charge in [0.25, 0.3) is 0 Å². The van der Waals surface area contributed by atoms with Crippen LogP contribution in [0.3, 0.4) is 0 Å². The first-order valence-corrected chi connectivity index (χ1v) is 9.04. The number of aromatic nitrogens is 4. The second-order valence-corrected chi connectivity index (χ2v) is 7.26. The third-order valence-corrected chi connectivity index (χ3v) is 4.79. The lowest BCUT2D eigenvalue weighted by molar-refractivity contribution is -0.113. The van der Waals surface area contributed by atoms with Crippen molar-refractivity contribution in [2.24, 2.45) is 0 Å². The van der Waals surface area contributed by atoms with Crippen LogP contribution in [0, 0.1) is 13.8 Å². The summed E-state index contributed by atoms with van der Waals surface area (Å²) >= 11 is 2.68. The van der Waals surface area contributed by atoms with E-state index in [-0.39, 0.29) is 11.7 Å². The van der Waals surface area contributed by atoms with E-state index in [1.165, 1.54) is 28.7 Å². The first kappa shape index (κ1) is 16.5. The molecule has 3 rings (SSSR count). The monoisotopic (exact) mass is 357 g/mol. The van der Waals surface area contributed by atoms with Crippen LogP contribution in [0.4, 0.5) is 5.13 Å². The van der Waals surface area contributed by atoms with Crippen LogP contribution in [0.2, 0.25) is 0 Å². The fourth-order valence-corrected chi connectivity index (χ4v) is 3.14. The van der Waals surface area contributed by atoms with Gasteiger partial charge in [-0.3, -0.25) is 10.1 Å². The largest absolute Gasteiger partial charge is 0.300 e. The summed E-state index contributed by atoms with van der Waals surface area (Å²) in [6.07, 6.45) is 0. The Bertz CT molecular complexity index is 830. The Kier molecular flexibility index (Phi) is 5.17. The zero-order valence-electron chi connectivity index (χ0n) is 13.2. The van der Waals surface area contributed by atoms with Gasteiger partial charge in [-0.1, -0.05) is 52.9 Å². The zero-order chi connectivity index (χ0) is 16.9. The third-order valence-electron chi connectivity index (χ3n) is 3.11. The van der Waals surface area contributed by atoms with Gasteiger partial charge in [0.05, 0.1) is 11.4 Å². The molecule has 122 valence electrons. The summed E-state index contributed by atoms with van der Waals surface area (Å²) in [6, 6.07) is 11.9. The minimum atomic E-state index is -0.138. The Balaban J connectivity index is 1.56. The number of anilines is 1. The molecule has 1 aromatic carbocycles. The summed E-state index contributed by atoms with van der Waals surface area (Å²) < 4.78 is 0. The van der Waals surface area contributed by atoms with Crippen LogP contribution in [0.15, 0.2) is 41.4 Å². The first-order chi connectivity index (χ1) is 11.6. The van der Waals surface area contributed by atoms with Gasteiger partial charge in [-0.05, 0) is 26.0 Å². The summed E-state index contributed by atoms with van der Waals surface area (Å²) in [4.78, 5) is 11.9. The quantitative estimate of drug-likeness (QED) is 0.705. The highest BCUT2D eigenvalue weighted by Crippen LogP contribution is 2.21. The summed E-state index contributed by atoms with van der Waals surface area (Å²) in [5, 5.41) is 20.9. The Hall–Kier alpha value is -2.32. The van der Waals surface area contributed by atoms with Crippen molar-refractivity contribution in [1.29, 1.82) is 0 Å². The average Bonchev–Trinajstić information content (AvgIpc) is 2.99. The van der Waals surface area contributed by atoms with Gasteiger partial charge in [-0.15, -0.1) is 20.4 Å². The Morgan fingerprint density at radius 1 is 1.04 bits per heavy atom. The van der Waals surface area contributed by atoms with Crippen molar-refractivity contribution in [3.63, 3.8) is 0 Å². The number of benzene rings is 1. The van der Waals surface area contributed by atoms with Crippen molar-refractivity contribution < 1.29 is 4.79 Å². The fourth-order valence-electron chi connectivity index (χ4n) is 1.92. The van der Waals surface area contributed by atoms with Gasteiger partial charge in [0.1, 0.15) is 10.0 Å². The van der Waals surface area contributed by atoms with Gasteiger partial charge < -0.3 is 0 Å². The molecule has 1 N–H and O–H groups in total. The molecule has 24 heavy (non-hydrogen) atoms. The molecule has 2 heterocycles. The van der Waals surface area contributed by atoms with Gasteiger partial charge in [-0.25, -0.2) is 0 Å². The highest BCUT2D eigenvalue weighted by atomic mass is 32.2. The maximum atomic E-state index is 11.9. The number of aryl methyl sites for hydroxylation is 2. The van der Waals surface area contributed by atoms with Gasteiger partial charge in [0.2, 0.25) is 11.0 Å². The van der Waals surface area contributed by atoms with Crippen LogP contribution in [-0.4, -0.2) is 32.1 Å². The molecular formula is C16H15N5OS2. The third kappa shape index (κ3) is 4.36. The minimum Gasteiger partial charge on any atom is -0.300 e. The number of nitrogens with one attached hydrogen (secondary N) is 1. The molecule has 0 radical (unpaired) electrons. The van der Waals surface area contributed by atoms with Gasteiger partial charge in [0, 0.05) is 5.56 Å². The molecule has 2 aromatic heterocycles. The molecule has 0 saturated heterocycles. The minimum absolute atomic E-state index is 0.138. The average molecular weight is 357 g/mol. The number of carbonyl (C=O) groups is 1. The van der Waals surface area contributed by atoms with E-state index in [0.29, 0.717) is 10.2 Å². The predicted octanol–water partition coefficient (Wildman–Crippen LogP) is 3.34. The highest BCUT2D eigenvalue weighted by Gasteiger charge is 2.08. The van der Waals surface area contributed by atoms with Crippen LogP contribution in [-0.2, 0) is 4.79 Å². The molecule has 0 spiro atoms. The molecule has 1 amide bonds. The second-order valence-electron chi connectivity index (χ2n) is 5.09. The summed E-state index contributed by atoms with van der Waals surface area (Å²) in [7, 11) is 0. The van der Waals surface area contributed by atoms with Gasteiger partial charge in [0.15, 0.2) is 0 Å². The number of thioether (sulfide) groups is 1. The highest BCUT2D eigenvalue weighted by molar-refractivity contribution is 7.99. The molecule has 0 aliphatic heterocycles. The van der Waals surface area contributed by atoms with E-state index >= 15 is 0 Å². The SMILES string of the molecule is Cc1ccc(-c2ccc(SCC(=O)Nc3nnc(C)s3)nn2)cc1. The van der Waals surface area contributed by atoms with Crippen LogP contribution < -0.4 is 5.32 Å². The Morgan fingerprint density at radius 3 is 2.46 bits per heavy atom. The predicted molar refractivity (Wildman–Crippen MR) is 96.2 cm³/mol. The molecular weight excluding hydrogens is 342 g/mol. The lowest BCUT2D eigenvalue weighted by Gasteiger charge is -2.03. The molecule has 3 aromatic rings. The topological polar surface area (TPSA) is 80.7 Å². The number of amides is 1. The summed E-state index contributed by atoms with van der Waals surface area (Å²) in [5.41, 5.74) is 3.04. The van der Waals surface area contributed by atoms with Crippen LogP contribution in [0.1, 0.15) is 10.6 Å². The molecule has 8 heteroatoms. The summed E-state index contributed by atoms with van der Waals surface area (Å²) in [6.45, 7) is 3.89. The lowest BCUT2D eigenvalue weighted by Crippen LogP contribution is -2.14. The normalized spacial score (nSPS) is 10.6. The first-order valence-electron chi connectivity index (χ1n) is 7.24. The van der Waals surface area contributed by atoms with E-state index in [4.69, 9.17) is 0 Å². The maximum Gasteiger partial charge on any atom is 0.236 e. The standard InChI is InChI=1S/C16H15N5OS2/c1-10-3-5-12(6-4-10)13-7-8-15(20-19-13)23-9-14(22)17-16-21-18-11(2)24-16/h3-8H,9H2,1-2H3,(H,17,21,22). The van der Waals surface area contributed by atoms with Gasteiger partial charge >= 0.3 is 0 Å². The Morgan fingerprint density at radius 2 is 1.83 bits per heavy atom. The molecule has 0 unspecified atom stereocenters. The summed E-state index contributed by atoms with van der Waals surface area (Å²) in [5.74, 6) is 0.109. The van der Waals surface area contributed by atoms with Crippen molar-refractivity contribution in [2.45, 2.75) is 18.9 Å². The van der Waals surface area contributed by atoms with Crippen molar-refractivity contribution >= 4 is 34.1 Å². The molecule has 0 atom stereocenters. The second kappa shape index (κ2) is 7.50. The Labute approximate surface area is 147 Å². The van der Waals surface area contributed by atoms with E-state index in [9.17, 15) is 4.79 Å².